The van der Waals surface area contributed by atoms with E-state index in [9.17, 15) is 4.79 Å². The first kappa shape index (κ1) is 14.2. The van der Waals surface area contributed by atoms with Crippen LogP contribution in [-0.2, 0) is 25.0 Å². The lowest BCUT2D eigenvalue weighted by molar-refractivity contribution is -0.122. The predicted octanol–water partition coefficient (Wildman–Crippen LogP) is 0.229. The van der Waals surface area contributed by atoms with Gasteiger partial charge < -0.3 is 16.2 Å². The maximum atomic E-state index is 11.9. The van der Waals surface area contributed by atoms with Gasteiger partial charge >= 0.3 is 0 Å². The second-order valence-electron chi connectivity index (χ2n) is 4.62. The molecule has 20 heavy (non-hydrogen) atoms. The third-order valence-corrected chi connectivity index (χ3v) is 3.04. The van der Waals surface area contributed by atoms with E-state index in [1.165, 1.54) is 0 Å². The first-order valence-electron chi connectivity index (χ1n) is 6.30. The van der Waals surface area contributed by atoms with E-state index in [0.717, 1.165) is 11.1 Å². The number of amides is 1. The molecular formula is C14H18N4O2. The molecule has 0 spiro atoms. The molecule has 1 amide bonds. The number of aryl methyl sites for hydroxylation is 1. The van der Waals surface area contributed by atoms with E-state index in [2.05, 4.69) is 10.4 Å². The van der Waals surface area contributed by atoms with Crippen molar-refractivity contribution >= 4 is 5.91 Å². The van der Waals surface area contributed by atoms with Crippen molar-refractivity contribution in [1.82, 2.24) is 15.1 Å². The van der Waals surface area contributed by atoms with Crippen molar-refractivity contribution in [2.24, 2.45) is 12.8 Å². The molecule has 1 aromatic carbocycles. The minimum atomic E-state index is -0.722. The molecule has 0 saturated heterocycles. The molecule has 0 aliphatic carbocycles. The summed E-state index contributed by atoms with van der Waals surface area (Å²) in [4.78, 5) is 11.9. The quantitative estimate of drug-likeness (QED) is 0.727. The summed E-state index contributed by atoms with van der Waals surface area (Å²) >= 11 is 0. The zero-order chi connectivity index (χ0) is 14.5. The number of aromatic nitrogens is 2. The van der Waals surface area contributed by atoms with Crippen LogP contribution < -0.4 is 11.1 Å². The van der Waals surface area contributed by atoms with Gasteiger partial charge in [-0.1, -0.05) is 24.3 Å². The topological polar surface area (TPSA) is 93.2 Å². The van der Waals surface area contributed by atoms with Crippen molar-refractivity contribution < 1.29 is 9.90 Å². The number of aliphatic hydroxyl groups is 1. The Morgan fingerprint density at radius 2 is 2.05 bits per heavy atom. The van der Waals surface area contributed by atoms with E-state index in [1.807, 2.05) is 24.3 Å². The summed E-state index contributed by atoms with van der Waals surface area (Å²) in [5.41, 5.74) is 8.34. The molecule has 106 valence electrons. The number of benzene rings is 1. The van der Waals surface area contributed by atoms with Crippen molar-refractivity contribution in [1.29, 1.82) is 0 Å². The van der Waals surface area contributed by atoms with Crippen LogP contribution in [0.3, 0.4) is 0 Å². The highest BCUT2D eigenvalue weighted by Crippen LogP contribution is 2.09. The van der Waals surface area contributed by atoms with E-state index < -0.39 is 6.04 Å². The van der Waals surface area contributed by atoms with Gasteiger partial charge in [0.2, 0.25) is 5.91 Å². The maximum absolute atomic E-state index is 11.9. The Bertz CT molecular complexity index is 577. The Labute approximate surface area is 117 Å². The van der Waals surface area contributed by atoms with Gasteiger partial charge in [0.1, 0.15) is 6.04 Å². The second-order valence-corrected chi connectivity index (χ2v) is 4.62. The zero-order valence-corrected chi connectivity index (χ0v) is 11.3. The molecule has 1 aromatic heterocycles. The Balaban J connectivity index is 1.91. The largest absolute Gasteiger partial charge is 0.392 e. The van der Waals surface area contributed by atoms with Crippen molar-refractivity contribution in [2.75, 3.05) is 0 Å². The summed E-state index contributed by atoms with van der Waals surface area (Å²) in [6.45, 7) is 0.414. The van der Waals surface area contributed by atoms with Crippen molar-refractivity contribution in [3.8, 4) is 0 Å². The number of hydrogen-bond donors (Lipinski definition) is 3. The van der Waals surface area contributed by atoms with Gasteiger partial charge in [-0.15, -0.1) is 0 Å². The first-order valence-corrected chi connectivity index (χ1v) is 6.30. The number of rotatable bonds is 5. The molecule has 0 aliphatic heterocycles. The highest BCUT2D eigenvalue weighted by Gasteiger charge is 2.16. The fourth-order valence-corrected chi connectivity index (χ4v) is 1.81. The molecule has 6 heteroatoms. The number of hydrogen-bond acceptors (Lipinski definition) is 4. The predicted molar refractivity (Wildman–Crippen MR) is 74.3 cm³/mol. The molecule has 1 unspecified atom stereocenters. The van der Waals surface area contributed by atoms with Crippen LogP contribution in [0.2, 0.25) is 0 Å². The number of carbonyl (C=O) groups excluding carboxylic acids is 1. The molecule has 0 saturated carbocycles. The van der Waals surface area contributed by atoms with Crippen LogP contribution in [0, 0.1) is 0 Å². The molecule has 0 aliphatic rings. The molecule has 2 rings (SSSR count). The average molecular weight is 274 g/mol. The Morgan fingerprint density at radius 1 is 1.40 bits per heavy atom. The van der Waals surface area contributed by atoms with Crippen LogP contribution in [0.25, 0.3) is 0 Å². The molecule has 1 atom stereocenters. The minimum Gasteiger partial charge on any atom is -0.392 e. The van der Waals surface area contributed by atoms with E-state index in [-0.39, 0.29) is 12.5 Å². The van der Waals surface area contributed by atoms with Gasteiger partial charge in [-0.3, -0.25) is 9.48 Å². The molecular weight excluding hydrogens is 256 g/mol. The normalized spacial score (nSPS) is 12.2. The highest BCUT2D eigenvalue weighted by atomic mass is 16.3. The monoisotopic (exact) mass is 274 g/mol. The lowest BCUT2D eigenvalue weighted by Gasteiger charge is -2.10. The van der Waals surface area contributed by atoms with E-state index in [1.54, 1.807) is 24.1 Å². The lowest BCUT2D eigenvalue weighted by atomic mass is 10.1. The van der Waals surface area contributed by atoms with E-state index in [4.69, 9.17) is 10.8 Å². The van der Waals surface area contributed by atoms with Crippen LogP contribution in [0.15, 0.2) is 36.7 Å². The molecule has 0 bridgehead atoms. The van der Waals surface area contributed by atoms with E-state index >= 15 is 0 Å². The fourth-order valence-electron chi connectivity index (χ4n) is 1.81. The summed E-state index contributed by atoms with van der Waals surface area (Å²) in [5.74, 6) is -0.246. The summed E-state index contributed by atoms with van der Waals surface area (Å²) < 4.78 is 1.61. The van der Waals surface area contributed by atoms with Crippen LogP contribution in [0.5, 0.6) is 0 Å². The molecule has 4 N–H and O–H groups in total. The van der Waals surface area contributed by atoms with Crippen molar-refractivity contribution in [3.63, 3.8) is 0 Å². The summed E-state index contributed by atoms with van der Waals surface area (Å²) in [6.07, 6.45) is 3.31. The van der Waals surface area contributed by atoms with Gasteiger partial charge in [-0.2, -0.15) is 5.10 Å². The third-order valence-electron chi connectivity index (χ3n) is 3.04. The molecule has 1 heterocycles. The second kappa shape index (κ2) is 6.31. The van der Waals surface area contributed by atoms with Crippen molar-refractivity contribution in [3.05, 3.63) is 53.3 Å². The van der Waals surface area contributed by atoms with Crippen molar-refractivity contribution in [2.45, 2.75) is 19.2 Å². The number of nitrogens with zero attached hydrogens (tertiary/aromatic N) is 2. The Hall–Kier alpha value is -2.18. The number of nitrogens with two attached hydrogens (primary N) is 1. The molecule has 0 radical (unpaired) electrons. The third kappa shape index (κ3) is 3.43. The molecule has 0 fully saturated rings. The lowest BCUT2D eigenvalue weighted by Crippen LogP contribution is -2.33. The van der Waals surface area contributed by atoms with E-state index in [0.29, 0.717) is 12.1 Å². The van der Waals surface area contributed by atoms with Gasteiger partial charge in [0, 0.05) is 25.4 Å². The SMILES string of the molecule is Cn1cc(C(N)C(=O)NCc2ccc(CO)cc2)cn1. The van der Waals surface area contributed by atoms with Crippen LogP contribution >= 0.6 is 0 Å². The zero-order valence-electron chi connectivity index (χ0n) is 11.3. The molecule has 2 aromatic rings. The summed E-state index contributed by atoms with van der Waals surface area (Å²) in [7, 11) is 1.77. The number of carbonyl (C=O) groups is 1. The molecule has 6 nitrogen and oxygen atoms in total. The number of nitrogens with one attached hydrogen (secondary N) is 1. The first-order chi connectivity index (χ1) is 9.60. The van der Waals surface area contributed by atoms with Gasteiger partial charge in [-0.25, -0.2) is 0 Å². The van der Waals surface area contributed by atoms with Gasteiger partial charge in [0.25, 0.3) is 0 Å². The standard InChI is InChI=1S/C14H18N4O2/c1-18-8-12(7-17-18)13(15)14(20)16-6-10-2-4-11(9-19)5-3-10/h2-5,7-8,13,19H,6,9,15H2,1H3,(H,16,20). The van der Waals surface area contributed by atoms with Crippen LogP contribution in [0.1, 0.15) is 22.7 Å². The summed E-state index contributed by atoms with van der Waals surface area (Å²) in [6, 6.07) is 6.65. The Kier molecular flexibility index (Phi) is 4.49. The van der Waals surface area contributed by atoms with Crippen LogP contribution in [0.4, 0.5) is 0 Å². The smallest absolute Gasteiger partial charge is 0.241 e. The average Bonchev–Trinajstić information content (AvgIpc) is 2.91. The fraction of sp³-hybridized carbons (Fsp3) is 0.286. The summed E-state index contributed by atoms with van der Waals surface area (Å²) in [5, 5.41) is 15.7. The van der Waals surface area contributed by atoms with Crippen LogP contribution in [-0.4, -0.2) is 20.8 Å². The van der Waals surface area contributed by atoms with Gasteiger partial charge in [0.05, 0.1) is 12.8 Å². The number of aliphatic hydroxyl groups excluding tert-OH is 1. The Morgan fingerprint density at radius 3 is 2.60 bits per heavy atom. The maximum Gasteiger partial charge on any atom is 0.241 e. The van der Waals surface area contributed by atoms with Gasteiger partial charge in [-0.05, 0) is 11.1 Å². The van der Waals surface area contributed by atoms with Gasteiger partial charge in [0.15, 0.2) is 0 Å². The minimum absolute atomic E-state index is 0.0124. The highest BCUT2D eigenvalue weighted by molar-refractivity contribution is 5.82.